The van der Waals surface area contributed by atoms with Crippen molar-refractivity contribution in [1.82, 2.24) is 4.98 Å². The highest BCUT2D eigenvalue weighted by molar-refractivity contribution is 5.73. The Labute approximate surface area is 113 Å². The molecule has 1 aromatic heterocycles. The molecule has 4 heteroatoms. The molecule has 19 heavy (non-hydrogen) atoms. The summed E-state index contributed by atoms with van der Waals surface area (Å²) < 4.78 is 10.7. The van der Waals surface area contributed by atoms with Crippen LogP contribution in [0.2, 0.25) is 0 Å². The zero-order valence-corrected chi connectivity index (χ0v) is 11.4. The molecule has 0 spiro atoms. The number of nitrogens with two attached hydrogens (primary N) is 1. The van der Waals surface area contributed by atoms with Gasteiger partial charge in [0.1, 0.15) is 0 Å². The predicted molar refractivity (Wildman–Crippen MR) is 75.4 cm³/mol. The van der Waals surface area contributed by atoms with Gasteiger partial charge in [-0.3, -0.25) is 4.98 Å². The van der Waals surface area contributed by atoms with Gasteiger partial charge in [-0.2, -0.15) is 0 Å². The normalized spacial score (nSPS) is 10.3. The van der Waals surface area contributed by atoms with Gasteiger partial charge in [-0.15, -0.1) is 0 Å². The number of hydrogen-bond donors (Lipinski definition) is 1. The van der Waals surface area contributed by atoms with E-state index in [-0.39, 0.29) is 0 Å². The molecule has 0 atom stereocenters. The highest BCUT2D eigenvalue weighted by Gasteiger charge is 2.13. The highest BCUT2D eigenvalue weighted by atomic mass is 16.5. The molecule has 0 aliphatic carbocycles. The van der Waals surface area contributed by atoms with Crippen molar-refractivity contribution in [1.29, 1.82) is 0 Å². The van der Waals surface area contributed by atoms with Crippen molar-refractivity contribution in [3.05, 3.63) is 41.7 Å². The molecule has 0 saturated heterocycles. The fourth-order valence-electron chi connectivity index (χ4n) is 2.09. The van der Waals surface area contributed by atoms with Crippen LogP contribution in [-0.4, -0.2) is 19.2 Å². The molecule has 0 radical (unpaired) electrons. The van der Waals surface area contributed by atoms with Crippen LogP contribution >= 0.6 is 0 Å². The second-order valence-electron chi connectivity index (χ2n) is 4.26. The Morgan fingerprint density at radius 2 is 1.79 bits per heavy atom. The zero-order valence-electron chi connectivity index (χ0n) is 11.4. The average molecular weight is 258 g/mol. The Morgan fingerprint density at radius 3 is 2.37 bits per heavy atom. The van der Waals surface area contributed by atoms with Gasteiger partial charge in [0.2, 0.25) is 0 Å². The van der Waals surface area contributed by atoms with Crippen LogP contribution in [0.5, 0.6) is 11.5 Å². The maximum Gasteiger partial charge on any atom is 0.161 e. The third-order valence-electron chi connectivity index (χ3n) is 3.16. The lowest BCUT2D eigenvalue weighted by molar-refractivity contribution is 0.354. The Balaban J connectivity index is 2.65. The number of aromatic nitrogens is 1. The van der Waals surface area contributed by atoms with Gasteiger partial charge in [-0.25, -0.2) is 0 Å². The van der Waals surface area contributed by atoms with Crippen molar-refractivity contribution >= 4 is 0 Å². The molecule has 0 bridgehead atoms. The van der Waals surface area contributed by atoms with Crippen LogP contribution in [-0.2, 0) is 6.54 Å². The molecule has 0 unspecified atom stereocenters. The van der Waals surface area contributed by atoms with E-state index in [1.54, 1.807) is 20.4 Å². The van der Waals surface area contributed by atoms with Gasteiger partial charge in [0.05, 0.1) is 14.2 Å². The lowest BCUT2D eigenvalue weighted by Gasteiger charge is -2.15. The number of benzene rings is 1. The number of rotatable bonds is 4. The van der Waals surface area contributed by atoms with Crippen molar-refractivity contribution in [2.45, 2.75) is 13.5 Å². The molecule has 100 valence electrons. The van der Waals surface area contributed by atoms with Crippen LogP contribution in [0.1, 0.15) is 11.1 Å². The largest absolute Gasteiger partial charge is 0.493 e. The second kappa shape index (κ2) is 5.71. The van der Waals surface area contributed by atoms with E-state index in [2.05, 4.69) is 4.98 Å². The number of aryl methyl sites for hydroxylation is 1. The average Bonchev–Trinajstić information content (AvgIpc) is 2.46. The van der Waals surface area contributed by atoms with Crippen LogP contribution < -0.4 is 15.2 Å². The van der Waals surface area contributed by atoms with Gasteiger partial charge in [0, 0.05) is 24.5 Å². The molecule has 1 heterocycles. The van der Waals surface area contributed by atoms with Crippen LogP contribution in [0.25, 0.3) is 11.1 Å². The van der Waals surface area contributed by atoms with E-state index in [0.717, 1.165) is 22.3 Å². The summed E-state index contributed by atoms with van der Waals surface area (Å²) in [5.74, 6) is 1.38. The van der Waals surface area contributed by atoms with E-state index < -0.39 is 0 Å². The maximum atomic E-state index is 5.84. The molecule has 0 fully saturated rings. The quantitative estimate of drug-likeness (QED) is 0.915. The Hall–Kier alpha value is -2.07. The lowest BCUT2D eigenvalue weighted by Crippen LogP contribution is -2.02. The van der Waals surface area contributed by atoms with Crippen molar-refractivity contribution in [3.63, 3.8) is 0 Å². The van der Waals surface area contributed by atoms with E-state index in [1.165, 1.54) is 0 Å². The molecule has 2 aromatic rings. The minimum atomic E-state index is 0.435. The van der Waals surface area contributed by atoms with Gasteiger partial charge >= 0.3 is 0 Å². The van der Waals surface area contributed by atoms with Crippen molar-refractivity contribution in [3.8, 4) is 22.6 Å². The fourth-order valence-corrected chi connectivity index (χ4v) is 2.09. The summed E-state index contributed by atoms with van der Waals surface area (Å²) in [6.45, 7) is 2.48. The van der Waals surface area contributed by atoms with Crippen LogP contribution in [0.15, 0.2) is 30.6 Å². The first-order valence-corrected chi connectivity index (χ1v) is 6.07. The fraction of sp³-hybridized carbons (Fsp3) is 0.267. The van der Waals surface area contributed by atoms with Gasteiger partial charge in [-0.05, 0) is 41.8 Å². The van der Waals surface area contributed by atoms with E-state index in [0.29, 0.717) is 18.0 Å². The van der Waals surface area contributed by atoms with Gasteiger partial charge in [0.15, 0.2) is 11.5 Å². The SMILES string of the molecule is COc1cc(CN)c(-c2cnccc2C)cc1OC. The number of ether oxygens (including phenoxy) is 2. The number of hydrogen-bond acceptors (Lipinski definition) is 4. The number of methoxy groups -OCH3 is 2. The molecule has 2 rings (SSSR count). The van der Waals surface area contributed by atoms with Crippen LogP contribution in [0.4, 0.5) is 0 Å². The van der Waals surface area contributed by atoms with Crippen LogP contribution in [0.3, 0.4) is 0 Å². The first kappa shape index (κ1) is 13.4. The van der Waals surface area contributed by atoms with Crippen molar-refractivity contribution in [2.24, 2.45) is 5.73 Å². The Kier molecular flexibility index (Phi) is 4.02. The molecule has 0 saturated carbocycles. The standard InChI is InChI=1S/C15H18N2O2/c1-10-4-5-17-9-13(10)12-7-15(19-3)14(18-2)6-11(12)8-16/h4-7,9H,8,16H2,1-3H3. The highest BCUT2D eigenvalue weighted by Crippen LogP contribution is 2.36. The summed E-state index contributed by atoms with van der Waals surface area (Å²) in [4.78, 5) is 4.18. The third-order valence-corrected chi connectivity index (χ3v) is 3.16. The topological polar surface area (TPSA) is 57.4 Å². The summed E-state index contributed by atoms with van der Waals surface area (Å²) in [5.41, 5.74) is 10.1. The lowest BCUT2D eigenvalue weighted by atomic mass is 9.97. The molecule has 0 aliphatic heterocycles. The Bertz CT molecular complexity index is 582. The minimum Gasteiger partial charge on any atom is -0.493 e. The maximum absolute atomic E-state index is 5.84. The van der Waals surface area contributed by atoms with Crippen molar-refractivity contribution < 1.29 is 9.47 Å². The molecular weight excluding hydrogens is 240 g/mol. The smallest absolute Gasteiger partial charge is 0.161 e. The molecule has 1 aromatic carbocycles. The summed E-state index contributed by atoms with van der Waals surface area (Å²) in [6.07, 6.45) is 3.62. The monoisotopic (exact) mass is 258 g/mol. The molecule has 0 amide bonds. The summed E-state index contributed by atoms with van der Waals surface area (Å²) >= 11 is 0. The molecule has 2 N–H and O–H groups in total. The molecule has 4 nitrogen and oxygen atoms in total. The van der Waals surface area contributed by atoms with E-state index in [4.69, 9.17) is 15.2 Å². The predicted octanol–water partition coefficient (Wildman–Crippen LogP) is 2.53. The Morgan fingerprint density at radius 1 is 1.11 bits per heavy atom. The van der Waals surface area contributed by atoms with E-state index >= 15 is 0 Å². The third kappa shape index (κ3) is 2.53. The first-order chi connectivity index (χ1) is 9.21. The zero-order chi connectivity index (χ0) is 13.8. The molecular formula is C15H18N2O2. The molecule has 0 aliphatic rings. The minimum absolute atomic E-state index is 0.435. The van der Waals surface area contributed by atoms with Crippen LogP contribution in [0, 0.1) is 6.92 Å². The first-order valence-electron chi connectivity index (χ1n) is 6.07. The second-order valence-corrected chi connectivity index (χ2v) is 4.26. The number of pyridine rings is 1. The van der Waals surface area contributed by atoms with Gasteiger partial charge in [-0.1, -0.05) is 0 Å². The number of nitrogens with zero attached hydrogens (tertiary/aromatic N) is 1. The summed E-state index contributed by atoms with van der Waals surface area (Å²) in [5, 5.41) is 0. The summed E-state index contributed by atoms with van der Waals surface area (Å²) in [6, 6.07) is 5.85. The van der Waals surface area contributed by atoms with E-state index in [9.17, 15) is 0 Å². The van der Waals surface area contributed by atoms with Gasteiger partial charge in [0.25, 0.3) is 0 Å². The van der Waals surface area contributed by atoms with Crippen molar-refractivity contribution in [2.75, 3.05) is 14.2 Å². The van der Waals surface area contributed by atoms with E-state index in [1.807, 2.05) is 31.3 Å². The van der Waals surface area contributed by atoms with Gasteiger partial charge < -0.3 is 15.2 Å². The summed E-state index contributed by atoms with van der Waals surface area (Å²) in [7, 11) is 3.24.